The lowest BCUT2D eigenvalue weighted by molar-refractivity contribution is 0.109. The number of alkyl halides is 2. The first kappa shape index (κ1) is 23.8. The molecule has 0 fully saturated rings. The highest BCUT2D eigenvalue weighted by atomic mass is 19.3. The van der Waals surface area contributed by atoms with Crippen LogP contribution in [0.5, 0.6) is 0 Å². The van der Waals surface area contributed by atoms with Crippen molar-refractivity contribution < 1.29 is 13.2 Å². The summed E-state index contributed by atoms with van der Waals surface area (Å²) in [7, 11) is 5.02. The molecule has 8 nitrogen and oxygen atoms in total. The molecule has 0 atom stereocenters. The molecule has 31 heavy (non-hydrogen) atoms. The first-order valence-corrected chi connectivity index (χ1v) is 9.26. The van der Waals surface area contributed by atoms with Gasteiger partial charge in [0.15, 0.2) is 5.84 Å². The molecule has 0 saturated heterocycles. The Morgan fingerprint density at radius 1 is 1.32 bits per heavy atom. The largest absolute Gasteiger partial charge is 0.328 e. The van der Waals surface area contributed by atoms with E-state index in [2.05, 4.69) is 15.6 Å². The Balaban J connectivity index is 2.47. The fourth-order valence-electron chi connectivity index (χ4n) is 2.57. The Morgan fingerprint density at radius 2 is 2.03 bits per heavy atom. The van der Waals surface area contributed by atoms with Gasteiger partial charge in [-0.05, 0) is 36.8 Å². The molecular formula is C20H25F3N8. The molecule has 0 bridgehead atoms. The lowest BCUT2D eigenvalue weighted by Gasteiger charge is -2.22. The molecule has 1 aromatic heterocycles. The average molecular weight is 434 g/mol. The maximum Gasteiger partial charge on any atom is 0.328 e. The van der Waals surface area contributed by atoms with E-state index in [1.807, 2.05) is 0 Å². The summed E-state index contributed by atoms with van der Waals surface area (Å²) in [6.45, 7) is 1.72. The van der Waals surface area contributed by atoms with Crippen molar-refractivity contribution in [2.24, 2.45) is 5.10 Å². The van der Waals surface area contributed by atoms with E-state index >= 15 is 8.78 Å². The molecule has 1 aliphatic heterocycles. The Morgan fingerprint density at radius 3 is 2.71 bits per heavy atom. The van der Waals surface area contributed by atoms with Crippen molar-refractivity contribution in [2.45, 2.75) is 19.3 Å². The maximum atomic E-state index is 15.2. The van der Waals surface area contributed by atoms with Gasteiger partial charge in [0.2, 0.25) is 0 Å². The molecular weight excluding hydrogens is 409 g/mol. The molecule has 0 unspecified atom stereocenters. The summed E-state index contributed by atoms with van der Waals surface area (Å²) in [6, 6.07) is 2.78. The molecule has 166 valence electrons. The van der Waals surface area contributed by atoms with Crippen LogP contribution >= 0.6 is 0 Å². The molecule has 0 radical (unpaired) electrons. The number of rotatable bonds is 5. The van der Waals surface area contributed by atoms with Crippen molar-refractivity contribution in [2.75, 3.05) is 21.1 Å². The first-order valence-electron chi connectivity index (χ1n) is 9.26. The highest BCUT2D eigenvalue weighted by Crippen LogP contribution is 2.31. The minimum Gasteiger partial charge on any atom is -0.319 e. The summed E-state index contributed by atoms with van der Waals surface area (Å²) in [6.07, 6.45) is 6.87. The van der Waals surface area contributed by atoms with Crippen LogP contribution in [0, 0.1) is 10.8 Å². The number of nitrogens with one attached hydrogen (secondary N) is 3. The average Bonchev–Trinajstić information content (AvgIpc) is 2.72. The molecule has 0 amide bonds. The molecule has 1 aliphatic rings. The van der Waals surface area contributed by atoms with Gasteiger partial charge < -0.3 is 5.01 Å². The van der Waals surface area contributed by atoms with Crippen molar-refractivity contribution in [1.29, 1.82) is 10.8 Å². The van der Waals surface area contributed by atoms with Crippen LogP contribution in [0.1, 0.15) is 19.0 Å². The highest BCUT2D eigenvalue weighted by Gasteiger charge is 2.41. The number of hydrogen-bond donors (Lipinski definition) is 3. The number of hydrogen-bond acceptors (Lipinski definition) is 7. The van der Waals surface area contributed by atoms with Gasteiger partial charge in [-0.25, -0.2) is 9.82 Å². The van der Waals surface area contributed by atoms with Gasteiger partial charge in [-0.15, -0.1) is 0 Å². The van der Waals surface area contributed by atoms with Gasteiger partial charge in [-0.2, -0.15) is 23.7 Å². The molecule has 0 aromatic carbocycles. The van der Waals surface area contributed by atoms with E-state index in [-0.39, 0.29) is 0 Å². The van der Waals surface area contributed by atoms with E-state index in [4.69, 9.17) is 10.8 Å². The lowest BCUT2D eigenvalue weighted by atomic mass is 10.0. The molecule has 2 rings (SSSR count). The summed E-state index contributed by atoms with van der Waals surface area (Å²) in [4.78, 5) is 0. The molecule has 0 saturated carbocycles. The van der Waals surface area contributed by atoms with Crippen molar-refractivity contribution in [1.82, 2.24) is 25.2 Å². The van der Waals surface area contributed by atoms with Gasteiger partial charge in [0.25, 0.3) is 0 Å². The maximum absolute atomic E-state index is 15.2. The van der Waals surface area contributed by atoms with E-state index in [1.54, 1.807) is 39.3 Å². The zero-order valence-electron chi connectivity index (χ0n) is 17.7. The Bertz CT molecular complexity index is 1030. The van der Waals surface area contributed by atoms with E-state index in [1.165, 1.54) is 29.4 Å². The fourth-order valence-corrected chi connectivity index (χ4v) is 2.57. The third-order valence-electron chi connectivity index (χ3n) is 4.35. The van der Waals surface area contributed by atoms with Crippen molar-refractivity contribution in [3.05, 3.63) is 65.3 Å². The minimum atomic E-state index is -3.88. The van der Waals surface area contributed by atoms with Crippen LogP contribution in [-0.4, -0.2) is 58.9 Å². The van der Waals surface area contributed by atoms with Crippen LogP contribution in [0.25, 0.3) is 5.57 Å². The van der Waals surface area contributed by atoms with E-state index in [0.717, 1.165) is 18.4 Å². The van der Waals surface area contributed by atoms with Gasteiger partial charge >= 0.3 is 5.92 Å². The normalized spacial score (nSPS) is 20.9. The van der Waals surface area contributed by atoms with Crippen molar-refractivity contribution in [3.8, 4) is 0 Å². The number of aromatic nitrogens is 2. The Kier molecular flexibility index (Phi) is 7.70. The van der Waals surface area contributed by atoms with Crippen LogP contribution in [0.15, 0.2) is 59.3 Å². The van der Waals surface area contributed by atoms with Gasteiger partial charge in [-0.1, -0.05) is 6.08 Å². The first-order chi connectivity index (χ1) is 14.6. The van der Waals surface area contributed by atoms with Gasteiger partial charge in [-0.3, -0.25) is 15.8 Å². The summed E-state index contributed by atoms with van der Waals surface area (Å²) >= 11 is 0. The highest BCUT2D eigenvalue weighted by molar-refractivity contribution is 5.90. The van der Waals surface area contributed by atoms with Crippen LogP contribution in [0.3, 0.4) is 0 Å². The SMILES string of the molecule is CNN(C)/C=C(\C)c1ccc(=N)n(C(=N)C(F)(F)/C2=C/C=C/N(C)/N=C/C=C(/F)C2)n1. The van der Waals surface area contributed by atoms with Crippen molar-refractivity contribution in [3.63, 3.8) is 0 Å². The predicted molar refractivity (Wildman–Crippen MR) is 114 cm³/mol. The molecule has 0 spiro atoms. The molecule has 1 aromatic rings. The van der Waals surface area contributed by atoms with Gasteiger partial charge in [0.1, 0.15) is 11.3 Å². The van der Waals surface area contributed by atoms with Gasteiger partial charge in [0, 0.05) is 51.8 Å². The monoisotopic (exact) mass is 434 g/mol. The fraction of sp³-hybridized carbons (Fsp3) is 0.300. The molecule has 11 heteroatoms. The Hall–Kier alpha value is -3.47. The van der Waals surface area contributed by atoms with E-state index in [0.29, 0.717) is 15.9 Å². The Labute approximate surface area is 178 Å². The second kappa shape index (κ2) is 10.0. The quantitative estimate of drug-likeness (QED) is 0.377. The molecule has 2 heterocycles. The number of nitrogens with zero attached hydrogens (tertiary/aromatic N) is 5. The van der Waals surface area contributed by atoms with Crippen LogP contribution < -0.4 is 10.9 Å². The predicted octanol–water partition coefficient (Wildman–Crippen LogP) is 2.87. The molecule has 0 aliphatic carbocycles. The third-order valence-corrected chi connectivity index (χ3v) is 4.35. The third kappa shape index (κ3) is 6.01. The topological polar surface area (TPSA) is 96.4 Å². The standard InChI is InChI=1S/C20H25F3N8/c1-14(13-30(4)26-2)17-7-8-18(24)31(28-17)19(25)20(22,23)15-6-5-11-29(3)27-10-9-16(21)12-15/h5-11,13,24-26H,12H2,1-4H3/b11-5+,14-13+,15-6+,16-9+,24-18?,25-19?,27-10+. The zero-order valence-corrected chi connectivity index (χ0v) is 17.7. The van der Waals surface area contributed by atoms with E-state index < -0.39 is 35.1 Å². The van der Waals surface area contributed by atoms with Gasteiger partial charge in [0.05, 0.1) is 5.69 Å². The summed E-state index contributed by atoms with van der Waals surface area (Å²) in [5.41, 5.74) is 2.75. The number of hydrazone groups is 1. The minimum absolute atomic E-state index is 0.308. The zero-order chi connectivity index (χ0) is 23.2. The molecule has 3 N–H and O–H groups in total. The second-order valence-corrected chi connectivity index (χ2v) is 6.75. The van der Waals surface area contributed by atoms with Crippen LogP contribution in [0.4, 0.5) is 13.2 Å². The number of halogens is 3. The lowest BCUT2D eigenvalue weighted by Crippen LogP contribution is -2.42. The van der Waals surface area contributed by atoms with Crippen molar-refractivity contribution >= 4 is 17.6 Å². The summed E-state index contributed by atoms with van der Waals surface area (Å²) < 4.78 is 45.1. The number of hydrazine groups is 1. The number of allylic oxidation sites excluding steroid dienone is 6. The smallest absolute Gasteiger partial charge is 0.319 e. The summed E-state index contributed by atoms with van der Waals surface area (Å²) in [5.74, 6) is -5.96. The summed E-state index contributed by atoms with van der Waals surface area (Å²) in [5, 5.41) is 26.9. The van der Waals surface area contributed by atoms with Crippen LogP contribution in [-0.2, 0) is 0 Å². The second-order valence-electron chi connectivity index (χ2n) is 6.75. The van der Waals surface area contributed by atoms with E-state index in [9.17, 15) is 4.39 Å². The van der Waals surface area contributed by atoms with Crippen LogP contribution in [0.2, 0.25) is 0 Å².